The number of anilines is 1. The van der Waals surface area contributed by atoms with E-state index in [0.29, 0.717) is 5.56 Å². The zero-order valence-corrected chi connectivity index (χ0v) is 17.7. The molecule has 0 aromatic heterocycles. The van der Waals surface area contributed by atoms with Crippen LogP contribution in [-0.2, 0) is 9.59 Å². The van der Waals surface area contributed by atoms with Gasteiger partial charge in [-0.3, -0.25) is 9.59 Å². The van der Waals surface area contributed by atoms with Crippen LogP contribution >= 0.6 is 0 Å². The first-order valence-electron chi connectivity index (χ1n) is 10.9. The minimum absolute atomic E-state index is 0.00207. The topological polar surface area (TPSA) is 86.7 Å². The molecule has 4 rings (SSSR count). The summed E-state index contributed by atoms with van der Waals surface area (Å²) >= 11 is 0. The number of carboxylic acids is 1. The fraction of sp³-hybridized carbons (Fsp3) is 0.400. The van der Waals surface area contributed by atoms with Crippen LogP contribution in [-0.4, -0.2) is 41.9 Å². The van der Waals surface area contributed by atoms with Crippen molar-refractivity contribution in [3.8, 4) is 0 Å². The molecule has 4 unspecified atom stereocenters. The molecule has 31 heavy (non-hydrogen) atoms. The van der Waals surface area contributed by atoms with Crippen molar-refractivity contribution in [3.63, 3.8) is 0 Å². The second-order valence-electron chi connectivity index (χ2n) is 8.47. The van der Waals surface area contributed by atoms with Crippen LogP contribution in [0.25, 0.3) is 0 Å². The average Bonchev–Trinajstić information content (AvgIpc) is 3.28. The molecule has 6 nitrogen and oxygen atoms in total. The van der Waals surface area contributed by atoms with Crippen molar-refractivity contribution in [2.24, 2.45) is 5.92 Å². The minimum Gasteiger partial charge on any atom is -0.480 e. The first-order valence-corrected chi connectivity index (χ1v) is 10.9. The first-order chi connectivity index (χ1) is 15.0. The van der Waals surface area contributed by atoms with E-state index >= 15 is 0 Å². The van der Waals surface area contributed by atoms with Crippen LogP contribution in [0.15, 0.2) is 54.6 Å². The van der Waals surface area contributed by atoms with Gasteiger partial charge in [-0.25, -0.2) is 0 Å². The standard InChI is InChI=1S/C25H28N2O4/c1-26-25(24(30)31,15-8-16-28)22-18-11-5-6-13-20(18)27(21-14-7-12-19(21)22)23(29)17-9-3-2-4-10-17/h2-6,9-11,13,16,19,21-22,26H,7-8,12,14-15H2,1H3,(H,30,31). The molecule has 1 fully saturated rings. The van der Waals surface area contributed by atoms with E-state index in [4.69, 9.17) is 0 Å². The van der Waals surface area contributed by atoms with Crippen molar-refractivity contribution in [2.75, 3.05) is 11.9 Å². The Morgan fingerprint density at radius 2 is 1.84 bits per heavy atom. The zero-order valence-electron chi connectivity index (χ0n) is 17.7. The summed E-state index contributed by atoms with van der Waals surface area (Å²) in [6.07, 6.45) is 3.76. The van der Waals surface area contributed by atoms with Crippen LogP contribution in [0.2, 0.25) is 0 Å². The molecule has 162 valence electrons. The highest BCUT2D eigenvalue weighted by Gasteiger charge is 2.56. The Balaban J connectivity index is 1.88. The molecule has 1 aliphatic carbocycles. The number of para-hydroxylation sites is 1. The summed E-state index contributed by atoms with van der Waals surface area (Å²) in [5.41, 5.74) is 0.987. The number of nitrogens with zero attached hydrogens (tertiary/aromatic N) is 1. The monoisotopic (exact) mass is 420 g/mol. The van der Waals surface area contributed by atoms with Gasteiger partial charge in [0, 0.05) is 29.6 Å². The van der Waals surface area contributed by atoms with Crippen LogP contribution in [0.5, 0.6) is 0 Å². The van der Waals surface area contributed by atoms with Gasteiger partial charge in [-0.05, 0) is 56.0 Å². The van der Waals surface area contributed by atoms with E-state index in [1.807, 2.05) is 59.5 Å². The normalized spacial score (nSPS) is 24.0. The summed E-state index contributed by atoms with van der Waals surface area (Å²) in [5, 5.41) is 13.4. The Bertz CT molecular complexity index is 976. The van der Waals surface area contributed by atoms with E-state index in [1.54, 1.807) is 7.05 Å². The maximum atomic E-state index is 13.6. The Labute approximate surface area is 182 Å². The number of hydrogen-bond donors (Lipinski definition) is 2. The number of carbonyl (C=O) groups excluding carboxylic acids is 2. The van der Waals surface area contributed by atoms with Crippen LogP contribution in [0.1, 0.15) is 53.9 Å². The van der Waals surface area contributed by atoms with E-state index in [9.17, 15) is 19.5 Å². The lowest BCUT2D eigenvalue weighted by Crippen LogP contribution is -2.61. The fourth-order valence-corrected chi connectivity index (χ4v) is 5.74. The van der Waals surface area contributed by atoms with Gasteiger partial charge in [0.15, 0.2) is 0 Å². The number of benzene rings is 2. The number of fused-ring (bicyclic) bond motifs is 2. The predicted octanol–water partition coefficient (Wildman–Crippen LogP) is 3.62. The lowest BCUT2D eigenvalue weighted by atomic mass is 9.65. The van der Waals surface area contributed by atoms with Gasteiger partial charge < -0.3 is 20.1 Å². The summed E-state index contributed by atoms with van der Waals surface area (Å²) < 4.78 is 0. The molecule has 0 saturated heterocycles. The Morgan fingerprint density at radius 3 is 2.52 bits per heavy atom. The maximum absolute atomic E-state index is 13.6. The molecule has 2 N–H and O–H groups in total. The van der Waals surface area contributed by atoms with Crippen LogP contribution in [0.3, 0.4) is 0 Å². The van der Waals surface area contributed by atoms with Crippen molar-refractivity contribution >= 4 is 23.9 Å². The molecule has 0 bridgehead atoms. The predicted molar refractivity (Wildman–Crippen MR) is 118 cm³/mol. The molecule has 1 amide bonds. The number of carboxylic acid groups (broad SMARTS) is 1. The molecular weight excluding hydrogens is 392 g/mol. The fourth-order valence-electron chi connectivity index (χ4n) is 5.74. The first kappa shape index (κ1) is 21.2. The number of amides is 1. The Morgan fingerprint density at radius 1 is 1.13 bits per heavy atom. The van der Waals surface area contributed by atoms with E-state index in [0.717, 1.165) is 36.8 Å². The molecule has 4 atom stereocenters. The summed E-state index contributed by atoms with van der Waals surface area (Å²) in [7, 11) is 1.66. The largest absolute Gasteiger partial charge is 0.480 e. The highest BCUT2D eigenvalue weighted by Crippen LogP contribution is 2.54. The number of carbonyl (C=O) groups is 3. The summed E-state index contributed by atoms with van der Waals surface area (Å²) in [4.78, 5) is 39.3. The highest BCUT2D eigenvalue weighted by atomic mass is 16.4. The van der Waals surface area contributed by atoms with Crippen LogP contribution in [0.4, 0.5) is 5.69 Å². The molecule has 1 saturated carbocycles. The van der Waals surface area contributed by atoms with E-state index < -0.39 is 11.5 Å². The number of aldehydes is 1. The van der Waals surface area contributed by atoms with Crippen molar-refractivity contribution < 1.29 is 19.5 Å². The number of likely N-dealkylation sites (N-methyl/N-ethyl adjacent to an activating group) is 1. The van der Waals surface area contributed by atoms with E-state index in [2.05, 4.69) is 5.32 Å². The van der Waals surface area contributed by atoms with Crippen molar-refractivity contribution in [3.05, 3.63) is 65.7 Å². The number of hydrogen-bond acceptors (Lipinski definition) is 4. The average molecular weight is 421 g/mol. The van der Waals surface area contributed by atoms with Gasteiger partial charge in [-0.1, -0.05) is 42.8 Å². The van der Waals surface area contributed by atoms with Gasteiger partial charge in [0.1, 0.15) is 11.8 Å². The smallest absolute Gasteiger partial charge is 0.324 e. The number of nitrogens with one attached hydrogen (secondary N) is 1. The van der Waals surface area contributed by atoms with Gasteiger partial charge >= 0.3 is 5.97 Å². The molecule has 2 aromatic carbocycles. The Hall–Kier alpha value is -2.99. The highest BCUT2D eigenvalue weighted by molar-refractivity contribution is 6.07. The minimum atomic E-state index is -1.27. The van der Waals surface area contributed by atoms with Crippen molar-refractivity contribution in [1.82, 2.24) is 5.32 Å². The zero-order chi connectivity index (χ0) is 22.0. The third-order valence-electron chi connectivity index (χ3n) is 7.08. The van der Waals surface area contributed by atoms with Gasteiger partial charge in [0.25, 0.3) is 5.91 Å². The summed E-state index contributed by atoms with van der Waals surface area (Å²) in [6.45, 7) is 0. The SMILES string of the molecule is CNC(CCC=O)(C(=O)O)C1c2ccccc2N(C(=O)c2ccccc2)C2CCCC21. The third kappa shape index (κ3) is 3.45. The summed E-state index contributed by atoms with van der Waals surface area (Å²) in [5.74, 6) is -1.34. The Kier molecular flexibility index (Phi) is 5.92. The lowest BCUT2D eigenvalue weighted by molar-refractivity contribution is -0.147. The second kappa shape index (κ2) is 8.63. The summed E-state index contributed by atoms with van der Waals surface area (Å²) in [6, 6.07) is 16.8. The van der Waals surface area contributed by atoms with Crippen molar-refractivity contribution in [1.29, 1.82) is 0 Å². The molecule has 6 heteroatoms. The van der Waals surface area contributed by atoms with Crippen molar-refractivity contribution in [2.45, 2.75) is 49.6 Å². The van der Waals surface area contributed by atoms with Gasteiger partial charge in [0.05, 0.1) is 0 Å². The second-order valence-corrected chi connectivity index (χ2v) is 8.47. The lowest BCUT2D eigenvalue weighted by Gasteiger charge is -2.49. The molecule has 2 aliphatic rings. The molecular formula is C25H28N2O4. The molecule has 0 radical (unpaired) electrons. The van der Waals surface area contributed by atoms with Crippen LogP contribution in [0, 0.1) is 5.92 Å². The number of aliphatic carboxylic acids is 1. The molecule has 1 aliphatic heterocycles. The van der Waals surface area contributed by atoms with Gasteiger partial charge in [0.2, 0.25) is 0 Å². The van der Waals surface area contributed by atoms with Crippen LogP contribution < -0.4 is 10.2 Å². The molecule has 0 spiro atoms. The molecule has 1 heterocycles. The van der Waals surface area contributed by atoms with E-state index in [-0.39, 0.29) is 36.6 Å². The maximum Gasteiger partial charge on any atom is 0.324 e. The van der Waals surface area contributed by atoms with Gasteiger partial charge in [-0.15, -0.1) is 0 Å². The molecule has 2 aromatic rings. The van der Waals surface area contributed by atoms with E-state index in [1.165, 1.54) is 0 Å². The number of rotatable bonds is 7. The quantitative estimate of drug-likeness (QED) is 0.668. The third-order valence-corrected chi connectivity index (χ3v) is 7.08. The van der Waals surface area contributed by atoms with Gasteiger partial charge in [-0.2, -0.15) is 0 Å².